The van der Waals surface area contributed by atoms with Gasteiger partial charge in [0.1, 0.15) is 9.88 Å². The molecule has 0 radical (unpaired) electrons. The van der Waals surface area contributed by atoms with E-state index in [2.05, 4.69) is 10.3 Å². The number of nitrogens with two attached hydrogens (primary N) is 1. The molecule has 104 valence electrons. The third-order valence-electron chi connectivity index (χ3n) is 3.48. The number of rotatable bonds is 5. The van der Waals surface area contributed by atoms with Gasteiger partial charge in [0.05, 0.1) is 6.20 Å². The van der Waals surface area contributed by atoms with E-state index in [1.807, 2.05) is 30.3 Å². The van der Waals surface area contributed by atoms with Crippen molar-refractivity contribution in [2.24, 2.45) is 11.7 Å². The molecule has 1 heterocycles. The third-order valence-corrected chi connectivity index (χ3v) is 4.52. The second-order valence-corrected chi connectivity index (χ2v) is 6.14. The monoisotopic (exact) mass is 287 g/mol. The number of carbonyl (C=O) groups excluding carboxylic acids is 1. The predicted octanol–water partition coefficient (Wildman–Crippen LogP) is 2.28. The van der Waals surface area contributed by atoms with Crippen molar-refractivity contribution in [3.05, 3.63) is 41.4 Å². The summed E-state index contributed by atoms with van der Waals surface area (Å²) in [4.78, 5) is 17.0. The summed E-state index contributed by atoms with van der Waals surface area (Å²) in [5, 5.41) is 3.75. The number of benzene rings is 1. The first-order valence-electron chi connectivity index (χ1n) is 6.79. The lowest BCUT2D eigenvalue weighted by Crippen LogP contribution is -2.38. The van der Waals surface area contributed by atoms with Gasteiger partial charge >= 0.3 is 0 Å². The fourth-order valence-corrected chi connectivity index (χ4v) is 2.92. The topological polar surface area (TPSA) is 68.0 Å². The van der Waals surface area contributed by atoms with Gasteiger partial charge < -0.3 is 11.1 Å². The van der Waals surface area contributed by atoms with Crippen LogP contribution >= 0.6 is 11.3 Å². The third kappa shape index (κ3) is 3.05. The number of nitrogens with one attached hydrogen (secondary N) is 1. The molecule has 0 bridgehead atoms. The summed E-state index contributed by atoms with van der Waals surface area (Å²) in [5.41, 5.74) is 7.01. The lowest BCUT2D eigenvalue weighted by atomic mass is 10.2. The van der Waals surface area contributed by atoms with Gasteiger partial charge in [0, 0.05) is 18.2 Å². The Morgan fingerprint density at radius 2 is 2.15 bits per heavy atom. The zero-order valence-electron chi connectivity index (χ0n) is 11.1. The number of thiazole rings is 1. The number of nitrogens with zero attached hydrogens (tertiary/aromatic N) is 1. The van der Waals surface area contributed by atoms with Crippen molar-refractivity contribution in [1.82, 2.24) is 10.3 Å². The Morgan fingerprint density at radius 3 is 2.85 bits per heavy atom. The van der Waals surface area contributed by atoms with Crippen LogP contribution in [0.2, 0.25) is 0 Å². The molecule has 1 aromatic carbocycles. The normalized spacial score (nSPS) is 15.8. The average Bonchev–Trinajstić information content (AvgIpc) is 3.22. The van der Waals surface area contributed by atoms with Crippen molar-refractivity contribution >= 4 is 17.2 Å². The molecule has 1 atom stereocenters. The van der Waals surface area contributed by atoms with Crippen LogP contribution in [0.25, 0.3) is 10.6 Å². The zero-order valence-corrected chi connectivity index (χ0v) is 11.9. The summed E-state index contributed by atoms with van der Waals surface area (Å²) in [6.07, 6.45) is 4.01. The highest BCUT2D eigenvalue weighted by molar-refractivity contribution is 7.16. The fourth-order valence-electron chi connectivity index (χ4n) is 2.08. The molecule has 20 heavy (non-hydrogen) atoms. The number of hydrogen-bond acceptors (Lipinski definition) is 4. The minimum absolute atomic E-state index is 0.0826. The maximum absolute atomic E-state index is 12.0. The van der Waals surface area contributed by atoms with E-state index in [0.29, 0.717) is 17.3 Å². The number of amides is 1. The largest absolute Gasteiger partial charge is 0.350 e. The second-order valence-electron chi connectivity index (χ2n) is 5.11. The quantitative estimate of drug-likeness (QED) is 0.886. The minimum Gasteiger partial charge on any atom is -0.350 e. The van der Waals surface area contributed by atoms with Gasteiger partial charge in [-0.3, -0.25) is 4.79 Å². The Bertz CT molecular complexity index is 592. The lowest BCUT2D eigenvalue weighted by molar-refractivity contribution is 0.0954. The van der Waals surface area contributed by atoms with Crippen LogP contribution in [0.1, 0.15) is 22.5 Å². The Hall–Kier alpha value is -1.72. The summed E-state index contributed by atoms with van der Waals surface area (Å²) in [5.74, 6) is 0.512. The van der Waals surface area contributed by atoms with Crippen molar-refractivity contribution < 1.29 is 4.79 Å². The highest BCUT2D eigenvalue weighted by Crippen LogP contribution is 2.31. The van der Waals surface area contributed by atoms with Crippen molar-refractivity contribution in [1.29, 1.82) is 0 Å². The molecule has 1 aromatic heterocycles. The van der Waals surface area contributed by atoms with Gasteiger partial charge in [0.2, 0.25) is 0 Å². The van der Waals surface area contributed by atoms with Crippen LogP contribution in [0.15, 0.2) is 36.5 Å². The summed E-state index contributed by atoms with van der Waals surface area (Å²) < 4.78 is 0. The van der Waals surface area contributed by atoms with Crippen molar-refractivity contribution in [3.8, 4) is 10.6 Å². The molecule has 1 amide bonds. The molecule has 1 aliphatic carbocycles. The molecule has 0 spiro atoms. The van der Waals surface area contributed by atoms with E-state index in [0.717, 1.165) is 10.6 Å². The molecule has 1 aliphatic rings. The fraction of sp³-hybridized carbons (Fsp3) is 0.333. The van der Waals surface area contributed by atoms with Gasteiger partial charge in [-0.05, 0) is 18.8 Å². The van der Waals surface area contributed by atoms with Crippen LogP contribution in [0, 0.1) is 5.92 Å². The van der Waals surface area contributed by atoms with Crippen molar-refractivity contribution in [2.45, 2.75) is 18.9 Å². The maximum Gasteiger partial charge on any atom is 0.263 e. The molecule has 5 heteroatoms. The smallest absolute Gasteiger partial charge is 0.263 e. The molecular formula is C15H17N3OS. The Labute approximate surface area is 122 Å². The van der Waals surface area contributed by atoms with E-state index in [9.17, 15) is 4.79 Å². The van der Waals surface area contributed by atoms with Gasteiger partial charge in [-0.15, -0.1) is 11.3 Å². The van der Waals surface area contributed by atoms with Crippen LogP contribution in [0.4, 0.5) is 0 Å². The van der Waals surface area contributed by atoms with Gasteiger partial charge in [0.15, 0.2) is 0 Å². The number of aromatic nitrogens is 1. The Morgan fingerprint density at radius 1 is 1.40 bits per heavy atom. The molecule has 0 saturated heterocycles. The molecular weight excluding hydrogens is 270 g/mol. The molecule has 1 fully saturated rings. The van der Waals surface area contributed by atoms with Crippen LogP contribution in [0.5, 0.6) is 0 Å². The van der Waals surface area contributed by atoms with E-state index in [-0.39, 0.29) is 11.9 Å². The van der Waals surface area contributed by atoms with Crippen LogP contribution in [-0.4, -0.2) is 23.5 Å². The minimum atomic E-state index is -0.0826. The first kappa shape index (κ1) is 13.3. The van der Waals surface area contributed by atoms with E-state index >= 15 is 0 Å². The molecule has 3 rings (SSSR count). The SMILES string of the molecule is NC(CNC(=O)c1cnc(-c2ccccc2)s1)C1CC1. The molecule has 0 aliphatic heterocycles. The summed E-state index contributed by atoms with van der Waals surface area (Å²) >= 11 is 1.41. The summed E-state index contributed by atoms with van der Waals surface area (Å²) in [6.45, 7) is 0.544. The Balaban J connectivity index is 1.62. The van der Waals surface area contributed by atoms with Crippen LogP contribution < -0.4 is 11.1 Å². The highest BCUT2D eigenvalue weighted by atomic mass is 32.1. The predicted molar refractivity (Wildman–Crippen MR) is 80.6 cm³/mol. The first-order chi connectivity index (χ1) is 9.74. The maximum atomic E-state index is 12.0. The van der Waals surface area contributed by atoms with E-state index in [1.165, 1.54) is 24.2 Å². The van der Waals surface area contributed by atoms with Gasteiger partial charge in [0.25, 0.3) is 5.91 Å². The number of carbonyl (C=O) groups is 1. The van der Waals surface area contributed by atoms with E-state index in [1.54, 1.807) is 6.20 Å². The molecule has 1 unspecified atom stereocenters. The molecule has 3 N–H and O–H groups in total. The van der Waals surface area contributed by atoms with E-state index in [4.69, 9.17) is 5.73 Å². The van der Waals surface area contributed by atoms with E-state index < -0.39 is 0 Å². The molecule has 4 nitrogen and oxygen atoms in total. The van der Waals surface area contributed by atoms with Gasteiger partial charge in [-0.2, -0.15) is 0 Å². The standard InChI is InChI=1S/C15H17N3OS/c16-12(10-6-7-10)8-17-14(19)13-9-18-15(20-13)11-4-2-1-3-5-11/h1-5,9-10,12H,6-8,16H2,(H,17,19). The lowest BCUT2D eigenvalue weighted by Gasteiger charge is -2.10. The number of hydrogen-bond donors (Lipinski definition) is 2. The van der Waals surface area contributed by atoms with Gasteiger partial charge in [-0.1, -0.05) is 30.3 Å². The highest BCUT2D eigenvalue weighted by Gasteiger charge is 2.28. The average molecular weight is 287 g/mol. The van der Waals surface area contributed by atoms with Crippen molar-refractivity contribution in [3.63, 3.8) is 0 Å². The Kier molecular flexibility index (Phi) is 3.80. The molecule has 1 saturated carbocycles. The second kappa shape index (κ2) is 5.73. The summed E-state index contributed by atoms with van der Waals surface area (Å²) in [7, 11) is 0. The molecule has 2 aromatic rings. The summed E-state index contributed by atoms with van der Waals surface area (Å²) in [6, 6.07) is 9.95. The zero-order chi connectivity index (χ0) is 13.9. The van der Waals surface area contributed by atoms with Crippen LogP contribution in [0.3, 0.4) is 0 Å². The first-order valence-corrected chi connectivity index (χ1v) is 7.60. The van der Waals surface area contributed by atoms with Crippen LogP contribution in [-0.2, 0) is 0 Å². The van der Waals surface area contributed by atoms with Gasteiger partial charge in [-0.25, -0.2) is 4.98 Å². The van der Waals surface area contributed by atoms with Crippen molar-refractivity contribution in [2.75, 3.05) is 6.54 Å².